The maximum Gasteiger partial charge on any atom is 0.261 e. The zero-order valence-electron chi connectivity index (χ0n) is 7.81. The van der Waals surface area contributed by atoms with Gasteiger partial charge in [0.2, 0.25) is 0 Å². The Kier molecular flexibility index (Phi) is 3.65. The van der Waals surface area contributed by atoms with Crippen molar-refractivity contribution in [2.45, 2.75) is 24.1 Å². The molecule has 1 amide bonds. The van der Waals surface area contributed by atoms with Gasteiger partial charge in [0, 0.05) is 6.04 Å². The Morgan fingerprint density at radius 2 is 2.07 bits per heavy atom. The first-order valence-corrected chi connectivity index (χ1v) is 6.05. The van der Waals surface area contributed by atoms with E-state index < -0.39 is 10.7 Å². The third kappa shape index (κ3) is 2.81. The highest BCUT2D eigenvalue weighted by Gasteiger charge is 2.10. The van der Waals surface area contributed by atoms with Crippen LogP contribution in [0.25, 0.3) is 0 Å². The lowest BCUT2D eigenvalue weighted by atomic mass is 10.3. The van der Waals surface area contributed by atoms with E-state index in [1.807, 2.05) is 13.8 Å². The average Bonchev–Trinajstić information content (AvgIpc) is 2.50. The predicted molar refractivity (Wildman–Crippen MR) is 55.5 cm³/mol. The second-order valence-corrected chi connectivity index (χ2v) is 5.41. The van der Waals surface area contributed by atoms with E-state index in [0.29, 0.717) is 4.88 Å². The zero-order chi connectivity index (χ0) is 10.7. The van der Waals surface area contributed by atoms with Crippen LogP contribution in [0, 0.1) is 0 Å². The number of amides is 1. The van der Waals surface area contributed by atoms with E-state index in [1.165, 1.54) is 12.1 Å². The zero-order valence-corrected chi connectivity index (χ0v) is 9.52. The Hall–Kier alpha value is -0.880. The summed E-state index contributed by atoms with van der Waals surface area (Å²) >= 11 is 0.983. The van der Waals surface area contributed by atoms with Crippen LogP contribution in [-0.4, -0.2) is 20.4 Å². The van der Waals surface area contributed by atoms with Crippen LogP contribution in [0.1, 0.15) is 23.5 Å². The largest absolute Gasteiger partial charge is 0.349 e. The minimum atomic E-state index is -2.58. The fourth-order valence-corrected chi connectivity index (χ4v) is 2.32. The highest BCUT2D eigenvalue weighted by molar-refractivity contribution is 7.75. The van der Waals surface area contributed by atoms with Gasteiger partial charge in [0.1, 0.15) is 4.21 Å². The topological polar surface area (TPSA) is 63.2 Å². The van der Waals surface area contributed by atoms with Crippen LogP contribution >= 0.6 is 11.3 Å². The number of carbonyl (C=O) groups excluding carboxylic acids is 1. The molecule has 1 aromatic rings. The Morgan fingerprint density at radius 1 is 1.43 bits per heavy atom. The lowest BCUT2D eigenvalue weighted by Crippen LogP contribution is -2.29. The molecule has 4 nitrogen and oxygen atoms in total. The van der Waals surface area contributed by atoms with E-state index in [0.717, 1.165) is 11.3 Å². The number of thiophene rings is 1. The molecule has 1 aromatic heterocycles. The number of hydrogen-bond donors (Lipinski definition) is 2. The molecule has 0 aliphatic rings. The van der Waals surface area contributed by atoms with Crippen molar-refractivity contribution in [2.75, 3.05) is 0 Å². The summed E-state index contributed by atoms with van der Waals surface area (Å²) in [7, 11) is -2.58. The van der Waals surface area contributed by atoms with E-state index in [4.69, 9.17) is 0 Å². The first-order chi connectivity index (χ1) is 6.50. The highest BCUT2D eigenvalue weighted by atomic mass is 32.2. The van der Waals surface area contributed by atoms with Gasteiger partial charge in [0.25, 0.3) is 5.91 Å². The highest BCUT2D eigenvalue weighted by Crippen LogP contribution is 2.17. The van der Waals surface area contributed by atoms with Crippen LogP contribution in [0.4, 0.5) is 0 Å². The van der Waals surface area contributed by atoms with Crippen LogP contribution in [0.2, 0.25) is 0 Å². The third-order valence-electron chi connectivity index (χ3n) is 1.42. The normalized spacial score (nSPS) is 10.9. The standard InChI is InChI=1S/C8H11NO3S2/c1-5(2)9-8(10)6-3-4-7(13-6)14(11)12/h3-5,14H,1-2H3,(H,9,10). The fourth-order valence-electron chi connectivity index (χ4n) is 0.881. The summed E-state index contributed by atoms with van der Waals surface area (Å²) in [5, 5.41) is 2.69. The van der Waals surface area contributed by atoms with Crippen molar-refractivity contribution in [1.29, 1.82) is 0 Å². The summed E-state index contributed by atoms with van der Waals surface area (Å²) in [6.45, 7) is 3.70. The molecule has 1 N–H and O–H groups in total. The van der Waals surface area contributed by atoms with E-state index in [9.17, 15) is 13.2 Å². The van der Waals surface area contributed by atoms with E-state index in [1.54, 1.807) is 0 Å². The number of rotatable bonds is 3. The summed E-state index contributed by atoms with van der Waals surface area (Å²) in [5.41, 5.74) is 0. The Balaban J connectivity index is 2.81. The van der Waals surface area contributed by atoms with Gasteiger partial charge in [-0.15, -0.1) is 11.3 Å². The van der Waals surface area contributed by atoms with Crippen molar-refractivity contribution >= 4 is 27.9 Å². The molecule has 0 unspecified atom stereocenters. The van der Waals surface area contributed by atoms with Gasteiger partial charge in [0.05, 0.1) is 4.88 Å². The molecular weight excluding hydrogens is 222 g/mol. The average molecular weight is 233 g/mol. The van der Waals surface area contributed by atoms with E-state index in [2.05, 4.69) is 5.32 Å². The first kappa shape index (κ1) is 11.2. The van der Waals surface area contributed by atoms with Gasteiger partial charge in [-0.25, -0.2) is 8.42 Å². The van der Waals surface area contributed by atoms with Gasteiger partial charge >= 0.3 is 0 Å². The molecule has 0 radical (unpaired) electrons. The molecule has 0 spiro atoms. The summed E-state index contributed by atoms with van der Waals surface area (Å²) in [6, 6.07) is 3.00. The molecule has 78 valence electrons. The Morgan fingerprint density at radius 3 is 2.50 bits per heavy atom. The summed E-state index contributed by atoms with van der Waals surface area (Å²) in [5.74, 6) is -0.229. The van der Waals surface area contributed by atoms with E-state index >= 15 is 0 Å². The molecule has 14 heavy (non-hydrogen) atoms. The molecule has 0 saturated heterocycles. The summed E-state index contributed by atoms with van der Waals surface area (Å²) < 4.78 is 21.4. The molecule has 1 heterocycles. The predicted octanol–water partition coefficient (Wildman–Crippen LogP) is 0.857. The molecule has 0 aliphatic carbocycles. The van der Waals surface area contributed by atoms with Crippen LogP contribution in [0.5, 0.6) is 0 Å². The van der Waals surface area contributed by atoms with Crippen molar-refractivity contribution < 1.29 is 13.2 Å². The number of hydrogen-bond acceptors (Lipinski definition) is 4. The quantitative estimate of drug-likeness (QED) is 0.761. The Labute approximate surface area is 87.9 Å². The lowest BCUT2D eigenvalue weighted by molar-refractivity contribution is 0.0947. The lowest BCUT2D eigenvalue weighted by Gasteiger charge is -2.05. The number of thiol groups is 1. The molecule has 0 aromatic carbocycles. The fraction of sp³-hybridized carbons (Fsp3) is 0.375. The van der Waals surface area contributed by atoms with Gasteiger partial charge in [-0.2, -0.15) is 0 Å². The number of carbonyl (C=O) groups is 1. The molecular formula is C8H11NO3S2. The SMILES string of the molecule is CC(C)NC(=O)c1ccc([SH](=O)=O)s1. The van der Waals surface area contributed by atoms with Crippen molar-refractivity contribution in [3.8, 4) is 0 Å². The smallest absolute Gasteiger partial charge is 0.261 e. The van der Waals surface area contributed by atoms with Gasteiger partial charge in [0.15, 0.2) is 10.7 Å². The molecule has 0 saturated carbocycles. The second kappa shape index (κ2) is 4.56. The minimum Gasteiger partial charge on any atom is -0.349 e. The Bertz CT molecular complexity index is 398. The van der Waals surface area contributed by atoms with Crippen LogP contribution in [0.3, 0.4) is 0 Å². The number of nitrogens with one attached hydrogen (secondary N) is 1. The first-order valence-electron chi connectivity index (χ1n) is 4.06. The second-order valence-electron chi connectivity index (χ2n) is 3.02. The van der Waals surface area contributed by atoms with Gasteiger partial charge in [-0.1, -0.05) is 0 Å². The van der Waals surface area contributed by atoms with Crippen molar-refractivity contribution in [3.63, 3.8) is 0 Å². The molecule has 0 aliphatic heterocycles. The molecule has 1 rings (SSSR count). The summed E-state index contributed by atoms with van der Waals surface area (Å²) in [4.78, 5) is 11.8. The van der Waals surface area contributed by atoms with Crippen molar-refractivity contribution in [1.82, 2.24) is 5.32 Å². The summed E-state index contributed by atoms with van der Waals surface area (Å²) in [6.07, 6.45) is 0. The van der Waals surface area contributed by atoms with Crippen molar-refractivity contribution in [3.05, 3.63) is 17.0 Å². The third-order valence-corrected chi connectivity index (χ3v) is 3.53. The van der Waals surface area contributed by atoms with Crippen LogP contribution in [0.15, 0.2) is 16.3 Å². The van der Waals surface area contributed by atoms with Gasteiger partial charge in [-0.3, -0.25) is 4.79 Å². The van der Waals surface area contributed by atoms with Gasteiger partial charge < -0.3 is 5.32 Å². The van der Waals surface area contributed by atoms with Crippen molar-refractivity contribution in [2.24, 2.45) is 0 Å². The molecule has 0 atom stereocenters. The molecule has 0 fully saturated rings. The molecule has 0 bridgehead atoms. The van der Waals surface area contributed by atoms with Crippen LogP contribution < -0.4 is 5.32 Å². The van der Waals surface area contributed by atoms with Crippen LogP contribution in [-0.2, 0) is 10.7 Å². The van der Waals surface area contributed by atoms with Gasteiger partial charge in [-0.05, 0) is 26.0 Å². The maximum absolute atomic E-state index is 11.4. The van der Waals surface area contributed by atoms with E-state index in [-0.39, 0.29) is 16.2 Å². The molecule has 6 heteroatoms. The maximum atomic E-state index is 11.4. The monoisotopic (exact) mass is 233 g/mol. The minimum absolute atomic E-state index is 0.0501.